The second kappa shape index (κ2) is 10.4. The third kappa shape index (κ3) is 5.76. The van der Waals surface area contributed by atoms with Gasteiger partial charge < -0.3 is 15.1 Å². The van der Waals surface area contributed by atoms with Crippen LogP contribution >= 0.6 is 0 Å². The Morgan fingerprint density at radius 1 is 1.03 bits per heavy atom. The van der Waals surface area contributed by atoms with E-state index in [4.69, 9.17) is 0 Å². The van der Waals surface area contributed by atoms with Crippen molar-refractivity contribution < 1.29 is 9.59 Å². The minimum absolute atomic E-state index is 0.117. The molecule has 33 heavy (non-hydrogen) atoms. The highest BCUT2D eigenvalue weighted by atomic mass is 16.2. The van der Waals surface area contributed by atoms with E-state index in [1.165, 1.54) is 12.8 Å². The minimum Gasteiger partial charge on any atom is -0.377 e. The topological polar surface area (TPSA) is 52.7 Å². The van der Waals surface area contributed by atoms with Crippen LogP contribution in [0.25, 0.3) is 0 Å². The second-order valence-corrected chi connectivity index (χ2v) is 9.89. The van der Waals surface area contributed by atoms with Gasteiger partial charge in [-0.3, -0.25) is 9.59 Å². The van der Waals surface area contributed by atoms with Crippen molar-refractivity contribution in [3.05, 3.63) is 59.7 Å². The van der Waals surface area contributed by atoms with E-state index in [0.717, 1.165) is 54.7 Å². The van der Waals surface area contributed by atoms with Gasteiger partial charge in [0.1, 0.15) is 0 Å². The van der Waals surface area contributed by atoms with Gasteiger partial charge in [-0.25, -0.2) is 0 Å². The number of rotatable bonds is 10. The molecule has 2 aromatic carbocycles. The molecule has 0 bridgehead atoms. The Balaban J connectivity index is 1.58. The summed E-state index contributed by atoms with van der Waals surface area (Å²) in [7, 11) is 4.05. The first-order valence-corrected chi connectivity index (χ1v) is 12.4. The van der Waals surface area contributed by atoms with Crippen LogP contribution in [0.3, 0.4) is 0 Å². The van der Waals surface area contributed by atoms with Gasteiger partial charge in [0.2, 0.25) is 11.8 Å². The van der Waals surface area contributed by atoms with E-state index in [9.17, 15) is 9.59 Å². The highest BCUT2D eigenvalue weighted by Gasteiger charge is 2.31. The van der Waals surface area contributed by atoms with Gasteiger partial charge in [-0.15, -0.1) is 0 Å². The standard InChI is InChI=1S/C28H37N3O2/c1-4-25(21-9-6-5-7-10-21)28(33)31(18-20-13-14-20)19-23-17-24(15-16-26(23)30(2)3)29-27(32)22-11-8-12-22/h5-7,9-10,15-17,20,22,25H,4,8,11-14,18-19H2,1-3H3,(H,29,32)/t25-/m0/s1. The molecular formula is C28H37N3O2. The third-order valence-corrected chi connectivity index (χ3v) is 7.06. The zero-order chi connectivity index (χ0) is 23.4. The fraction of sp³-hybridized carbons (Fsp3) is 0.500. The Kier molecular flexibility index (Phi) is 7.36. The van der Waals surface area contributed by atoms with Crippen LogP contribution in [0.1, 0.15) is 62.5 Å². The molecule has 0 radical (unpaired) electrons. The maximum Gasteiger partial charge on any atom is 0.230 e. The summed E-state index contributed by atoms with van der Waals surface area (Å²) in [4.78, 5) is 30.4. The van der Waals surface area contributed by atoms with Gasteiger partial charge in [-0.1, -0.05) is 43.7 Å². The number of nitrogens with zero attached hydrogens (tertiary/aromatic N) is 2. The molecule has 2 fully saturated rings. The number of benzene rings is 2. The van der Waals surface area contributed by atoms with Crippen molar-refractivity contribution in [1.29, 1.82) is 0 Å². The number of amides is 2. The van der Waals surface area contributed by atoms with Crippen LogP contribution in [-0.4, -0.2) is 37.4 Å². The molecular weight excluding hydrogens is 410 g/mol. The molecule has 2 aromatic rings. The Morgan fingerprint density at radius 2 is 1.76 bits per heavy atom. The lowest BCUT2D eigenvalue weighted by molar-refractivity contribution is -0.133. The monoisotopic (exact) mass is 447 g/mol. The van der Waals surface area contributed by atoms with Gasteiger partial charge in [0.25, 0.3) is 0 Å². The molecule has 4 rings (SSSR count). The predicted octanol–water partition coefficient (Wildman–Crippen LogP) is 5.42. The molecule has 2 aliphatic rings. The van der Waals surface area contributed by atoms with E-state index in [2.05, 4.69) is 46.3 Å². The van der Waals surface area contributed by atoms with Gasteiger partial charge in [-0.05, 0) is 67.3 Å². The van der Waals surface area contributed by atoms with Crippen molar-refractivity contribution in [1.82, 2.24) is 4.90 Å². The fourth-order valence-corrected chi connectivity index (χ4v) is 4.65. The average Bonchev–Trinajstić information content (AvgIpc) is 3.57. The van der Waals surface area contributed by atoms with Crippen molar-refractivity contribution in [3.8, 4) is 0 Å². The van der Waals surface area contributed by atoms with Crippen LogP contribution in [0.4, 0.5) is 11.4 Å². The average molecular weight is 448 g/mol. The summed E-state index contributed by atoms with van der Waals surface area (Å²) in [6, 6.07) is 16.2. The molecule has 0 unspecified atom stereocenters. The summed E-state index contributed by atoms with van der Waals surface area (Å²) in [5.74, 6) is 0.932. The lowest BCUT2D eigenvalue weighted by atomic mass is 9.85. The van der Waals surface area contributed by atoms with E-state index in [-0.39, 0.29) is 23.7 Å². The molecule has 5 nitrogen and oxygen atoms in total. The molecule has 2 saturated carbocycles. The first-order valence-electron chi connectivity index (χ1n) is 12.4. The molecule has 5 heteroatoms. The predicted molar refractivity (Wildman–Crippen MR) is 134 cm³/mol. The van der Waals surface area contributed by atoms with Gasteiger partial charge in [0, 0.05) is 44.5 Å². The normalized spacial score (nSPS) is 16.6. The van der Waals surface area contributed by atoms with Gasteiger partial charge in [0.05, 0.1) is 5.92 Å². The number of nitrogens with one attached hydrogen (secondary N) is 1. The Labute approximate surface area is 198 Å². The van der Waals surface area contributed by atoms with Crippen molar-refractivity contribution in [2.45, 2.75) is 57.9 Å². The molecule has 0 aromatic heterocycles. The van der Waals surface area contributed by atoms with E-state index < -0.39 is 0 Å². The lowest BCUT2D eigenvalue weighted by Gasteiger charge is -2.30. The summed E-state index contributed by atoms with van der Waals surface area (Å²) in [5.41, 5.74) is 4.06. The van der Waals surface area contributed by atoms with Gasteiger partial charge in [0.15, 0.2) is 0 Å². The van der Waals surface area contributed by atoms with Crippen molar-refractivity contribution in [2.24, 2.45) is 11.8 Å². The van der Waals surface area contributed by atoms with Gasteiger partial charge in [-0.2, -0.15) is 0 Å². The number of carbonyl (C=O) groups is 2. The molecule has 0 heterocycles. The molecule has 1 atom stereocenters. The first-order chi connectivity index (χ1) is 16.0. The summed E-state index contributed by atoms with van der Waals surface area (Å²) >= 11 is 0. The van der Waals surface area contributed by atoms with E-state index in [0.29, 0.717) is 12.5 Å². The van der Waals surface area contributed by atoms with Crippen LogP contribution in [0.5, 0.6) is 0 Å². The maximum atomic E-state index is 13.8. The van der Waals surface area contributed by atoms with E-state index in [1.54, 1.807) is 0 Å². The summed E-state index contributed by atoms with van der Waals surface area (Å²) in [6.45, 7) is 3.44. The first kappa shape index (κ1) is 23.3. The number of hydrogen-bond acceptors (Lipinski definition) is 3. The smallest absolute Gasteiger partial charge is 0.230 e. The van der Waals surface area contributed by atoms with Crippen LogP contribution < -0.4 is 10.2 Å². The molecule has 0 saturated heterocycles. The number of carbonyl (C=O) groups excluding carboxylic acids is 2. The lowest BCUT2D eigenvalue weighted by Crippen LogP contribution is -2.36. The summed E-state index contributed by atoms with van der Waals surface area (Å²) in [6.07, 6.45) is 6.28. The molecule has 2 amide bonds. The van der Waals surface area contributed by atoms with E-state index in [1.807, 2.05) is 38.4 Å². The second-order valence-electron chi connectivity index (χ2n) is 9.89. The van der Waals surface area contributed by atoms with Crippen molar-refractivity contribution >= 4 is 23.2 Å². The Hall–Kier alpha value is -2.82. The Morgan fingerprint density at radius 3 is 2.33 bits per heavy atom. The number of anilines is 2. The Bertz CT molecular complexity index is 964. The highest BCUT2D eigenvalue weighted by molar-refractivity contribution is 5.93. The molecule has 0 aliphatic heterocycles. The van der Waals surface area contributed by atoms with Crippen LogP contribution in [0.2, 0.25) is 0 Å². The fourth-order valence-electron chi connectivity index (χ4n) is 4.65. The van der Waals surface area contributed by atoms with Gasteiger partial charge >= 0.3 is 0 Å². The zero-order valence-corrected chi connectivity index (χ0v) is 20.2. The molecule has 1 N–H and O–H groups in total. The number of hydrogen-bond donors (Lipinski definition) is 1. The maximum absolute atomic E-state index is 13.8. The van der Waals surface area contributed by atoms with Crippen LogP contribution in [-0.2, 0) is 16.1 Å². The SMILES string of the molecule is CC[C@H](C(=O)N(Cc1cc(NC(=O)C2CCC2)ccc1N(C)C)CC1CC1)c1ccccc1. The zero-order valence-electron chi connectivity index (χ0n) is 20.2. The molecule has 0 spiro atoms. The minimum atomic E-state index is -0.130. The van der Waals surface area contributed by atoms with Crippen molar-refractivity contribution in [2.75, 3.05) is 30.9 Å². The summed E-state index contributed by atoms with van der Waals surface area (Å²) in [5, 5.41) is 3.10. The van der Waals surface area contributed by atoms with Crippen LogP contribution in [0.15, 0.2) is 48.5 Å². The highest BCUT2D eigenvalue weighted by Crippen LogP contribution is 2.34. The van der Waals surface area contributed by atoms with Crippen LogP contribution in [0, 0.1) is 11.8 Å². The molecule has 176 valence electrons. The summed E-state index contributed by atoms with van der Waals surface area (Å²) < 4.78 is 0. The van der Waals surface area contributed by atoms with E-state index >= 15 is 0 Å². The largest absolute Gasteiger partial charge is 0.377 e. The van der Waals surface area contributed by atoms with Crippen molar-refractivity contribution in [3.63, 3.8) is 0 Å². The third-order valence-electron chi connectivity index (χ3n) is 7.06. The quantitative estimate of drug-likeness (QED) is 0.529. The molecule has 2 aliphatic carbocycles.